The van der Waals surface area contributed by atoms with E-state index in [0.29, 0.717) is 6.61 Å². The van der Waals surface area contributed by atoms with E-state index in [0.717, 1.165) is 18.8 Å². The molecule has 0 atom stereocenters. The molecule has 1 heterocycles. The molecule has 0 radical (unpaired) electrons. The van der Waals surface area contributed by atoms with Gasteiger partial charge in [-0.1, -0.05) is 6.92 Å². The molecule has 0 unspecified atom stereocenters. The van der Waals surface area contributed by atoms with E-state index in [1.165, 1.54) is 0 Å². The van der Waals surface area contributed by atoms with Gasteiger partial charge in [-0.2, -0.15) is 0 Å². The summed E-state index contributed by atoms with van der Waals surface area (Å²) in [6.45, 7) is 2.28. The van der Waals surface area contributed by atoms with Crippen molar-refractivity contribution in [3.8, 4) is 11.5 Å². The topological polar surface area (TPSA) is 42.4 Å². The van der Waals surface area contributed by atoms with E-state index in [4.69, 9.17) is 9.84 Å². The van der Waals surface area contributed by atoms with Gasteiger partial charge in [-0.15, -0.1) is 0 Å². The first-order valence-corrected chi connectivity index (χ1v) is 3.71. The van der Waals surface area contributed by atoms with Gasteiger partial charge in [0.05, 0.1) is 19.0 Å². The standard InChI is InChI=1S/C8H10FNO2/c1-2-3-12-8-6(9)4-10-5-7(8)11/h4-5,11H,2-3H2,1H3. The third kappa shape index (κ3) is 1.84. The van der Waals surface area contributed by atoms with Crippen LogP contribution in [-0.4, -0.2) is 16.7 Å². The van der Waals surface area contributed by atoms with Crippen LogP contribution in [-0.2, 0) is 0 Å². The Bertz CT molecular complexity index is 245. The lowest BCUT2D eigenvalue weighted by Crippen LogP contribution is -1.98. The second-order valence-electron chi connectivity index (χ2n) is 2.32. The summed E-state index contributed by atoms with van der Waals surface area (Å²) in [6, 6.07) is 0. The van der Waals surface area contributed by atoms with Crippen molar-refractivity contribution in [3.05, 3.63) is 18.2 Å². The minimum Gasteiger partial charge on any atom is -0.503 e. The van der Waals surface area contributed by atoms with E-state index < -0.39 is 5.82 Å². The average Bonchev–Trinajstić information content (AvgIpc) is 2.04. The van der Waals surface area contributed by atoms with Crippen molar-refractivity contribution < 1.29 is 14.2 Å². The Morgan fingerprint density at radius 1 is 1.58 bits per heavy atom. The summed E-state index contributed by atoms with van der Waals surface area (Å²) in [5, 5.41) is 9.09. The lowest BCUT2D eigenvalue weighted by molar-refractivity contribution is 0.282. The van der Waals surface area contributed by atoms with Crippen molar-refractivity contribution in [2.45, 2.75) is 13.3 Å². The van der Waals surface area contributed by atoms with E-state index in [2.05, 4.69) is 4.98 Å². The molecule has 1 rings (SSSR count). The van der Waals surface area contributed by atoms with E-state index in [-0.39, 0.29) is 11.5 Å². The fourth-order valence-electron chi connectivity index (χ4n) is 0.760. The van der Waals surface area contributed by atoms with Gasteiger partial charge >= 0.3 is 0 Å². The van der Waals surface area contributed by atoms with Crippen LogP contribution in [0.2, 0.25) is 0 Å². The normalized spacial score (nSPS) is 9.83. The fraction of sp³-hybridized carbons (Fsp3) is 0.375. The molecule has 0 aliphatic rings. The number of halogens is 1. The number of hydrogen-bond acceptors (Lipinski definition) is 3. The van der Waals surface area contributed by atoms with Crippen molar-refractivity contribution >= 4 is 0 Å². The van der Waals surface area contributed by atoms with Crippen LogP contribution in [0, 0.1) is 5.82 Å². The quantitative estimate of drug-likeness (QED) is 0.752. The maximum absolute atomic E-state index is 12.8. The van der Waals surface area contributed by atoms with Crippen LogP contribution in [0.25, 0.3) is 0 Å². The second-order valence-corrected chi connectivity index (χ2v) is 2.32. The largest absolute Gasteiger partial charge is 0.503 e. The lowest BCUT2D eigenvalue weighted by atomic mass is 10.4. The van der Waals surface area contributed by atoms with Crippen molar-refractivity contribution in [2.24, 2.45) is 0 Å². The van der Waals surface area contributed by atoms with Gasteiger partial charge in [-0.3, -0.25) is 4.98 Å². The molecule has 4 heteroatoms. The molecule has 0 aliphatic carbocycles. The third-order valence-corrected chi connectivity index (χ3v) is 1.28. The minimum atomic E-state index is -0.636. The smallest absolute Gasteiger partial charge is 0.200 e. The maximum atomic E-state index is 12.8. The van der Waals surface area contributed by atoms with Crippen molar-refractivity contribution in [3.63, 3.8) is 0 Å². The molecule has 0 spiro atoms. The van der Waals surface area contributed by atoms with Gasteiger partial charge in [0, 0.05) is 0 Å². The first kappa shape index (κ1) is 8.77. The molecular weight excluding hydrogens is 161 g/mol. The third-order valence-electron chi connectivity index (χ3n) is 1.28. The van der Waals surface area contributed by atoms with Crippen LogP contribution >= 0.6 is 0 Å². The number of aromatic hydroxyl groups is 1. The van der Waals surface area contributed by atoms with Gasteiger partial charge in [0.25, 0.3) is 0 Å². The number of pyridine rings is 1. The molecule has 0 aromatic carbocycles. The number of hydrogen-bond donors (Lipinski definition) is 1. The summed E-state index contributed by atoms with van der Waals surface area (Å²) >= 11 is 0. The minimum absolute atomic E-state index is 0.119. The van der Waals surface area contributed by atoms with Gasteiger partial charge in [0.2, 0.25) is 0 Å². The first-order chi connectivity index (χ1) is 5.75. The van der Waals surface area contributed by atoms with Gasteiger partial charge in [-0.05, 0) is 6.42 Å². The molecular formula is C8H10FNO2. The Balaban J connectivity index is 2.81. The predicted molar refractivity (Wildman–Crippen MR) is 41.6 cm³/mol. The van der Waals surface area contributed by atoms with Crippen LogP contribution in [0.5, 0.6) is 11.5 Å². The molecule has 0 saturated carbocycles. The summed E-state index contributed by atoms with van der Waals surface area (Å²) < 4.78 is 17.8. The van der Waals surface area contributed by atoms with E-state index in [9.17, 15) is 4.39 Å². The monoisotopic (exact) mass is 171 g/mol. The van der Waals surface area contributed by atoms with Crippen LogP contribution in [0.15, 0.2) is 12.4 Å². The van der Waals surface area contributed by atoms with Crippen LogP contribution in [0.4, 0.5) is 4.39 Å². The highest BCUT2D eigenvalue weighted by Gasteiger charge is 2.08. The summed E-state index contributed by atoms with van der Waals surface area (Å²) in [5.41, 5.74) is 0. The molecule has 3 nitrogen and oxygen atoms in total. The highest BCUT2D eigenvalue weighted by Crippen LogP contribution is 2.27. The Hall–Kier alpha value is -1.32. The Labute approximate surface area is 69.8 Å². The highest BCUT2D eigenvalue weighted by molar-refractivity contribution is 5.36. The van der Waals surface area contributed by atoms with Crippen LogP contribution < -0.4 is 4.74 Å². The molecule has 0 fully saturated rings. The Morgan fingerprint density at radius 2 is 2.33 bits per heavy atom. The molecule has 1 N–H and O–H groups in total. The lowest BCUT2D eigenvalue weighted by Gasteiger charge is -2.06. The molecule has 1 aromatic rings. The summed E-state index contributed by atoms with van der Waals surface area (Å²) in [7, 11) is 0. The zero-order valence-corrected chi connectivity index (χ0v) is 6.75. The van der Waals surface area contributed by atoms with Gasteiger partial charge in [0.15, 0.2) is 17.3 Å². The van der Waals surface area contributed by atoms with Crippen LogP contribution in [0.1, 0.15) is 13.3 Å². The summed E-state index contributed by atoms with van der Waals surface area (Å²) in [5.74, 6) is -1.02. The predicted octanol–water partition coefficient (Wildman–Crippen LogP) is 1.72. The molecule has 0 saturated heterocycles. The van der Waals surface area contributed by atoms with Crippen molar-refractivity contribution in [1.29, 1.82) is 0 Å². The zero-order valence-electron chi connectivity index (χ0n) is 6.75. The Kier molecular flexibility index (Phi) is 2.85. The second kappa shape index (κ2) is 3.90. The van der Waals surface area contributed by atoms with E-state index in [1.807, 2.05) is 6.92 Å². The number of nitrogens with zero attached hydrogens (tertiary/aromatic N) is 1. The van der Waals surface area contributed by atoms with E-state index >= 15 is 0 Å². The maximum Gasteiger partial charge on any atom is 0.200 e. The first-order valence-electron chi connectivity index (χ1n) is 3.71. The van der Waals surface area contributed by atoms with Gasteiger partial charge < -0.3 is 9.84 Å². The fourth-order valence-corrected chi connectivity index (χ4v) is 0.760. The Morgan fingerprint density at radius 3 is 2.92 bits per heavy atom. The molecule has 0 aliphatic heterocycles. The molecule has 0 bridgehead atoms. The zero-order chi connectivity index (χ0) is 8.97. The molecule has 66 valence electrons. The van der Waals surface area contributed by atoms with Gasteiger partial charge in [0.1, 0.15) is 0 Å². The summed E-state index contributed by atoms with van der Waals surface area (Å²) in [6.07, 6.45) is 2.92. The molecule has 0 amide bonds. The van der Waals surface area contributed by atoms with Crippen LogP contribution in [0.3, 0.4) is 0 Å². The molecule has 12 heavy (non-hydrogen) atoms. The number of aromatic nitrogens is 1. The highest BCUT2D eigenvalue weighted by atomic mass is 19.1. The summed E-state index contributed by atoms with van der Waals surface area (Å²) in [4.78, 5) is 3.45. The number of rotatable bonds is 3. The van der Waals surface area contributed by atoms with Crippen molar-refractivity contribution in [2.75, 3.05) is 6.61 Å². The van der Waals surface area contributed by atoms with Gasteiger partial charge in [-0.25, -0.2) is 4.39 Å². The average molecular weight is 171 g/mol. The van der Waals surface area contributed by atoms with E-state index in [1.54, 1.807) is 0 Å². The molecule has 1 aromatic heterocycles. The van der Waals surface area contributed by atoms with Crippen molar-refractivity contribution in [1.82, 2.24) is 4.98 Å². The number of ether oxygens (including phenoxy) is 1. The SMILES string of the molecule is CCCOc1c(O)cncc1F.